The maximum absolute atomic E-state index is 11.4. The van der Waals surface area contributed by atoms with Crippen molar-refractivity contribution < 1.29 is 14.3 Å². The molecule has 1 amide bonds. The first-order valence-electron chi connectivity index (χ1n) is 6.42. The molecule has 0 saturated heterocycles. The van der Waals surface area contributed by atoms with Crippen molar-refractivity contribution in [2.24, 2.45) is 0 Å². The highest BCUT2D eigenvalue weighted by Crippen LogP contribution is 2.26. The van der Waals surface area contributed by atoms with Crippen molar-refractivity contribution in [3.05, 3.63) is 23.2 Å². The molecule has 112 valence electrons. The first-order valence-corrected chi connectivity index (χ1v) is 6.80. The second-order valence-electron chi connectivity index (χ2n) is 5.32. The van der Waals surface area contributed by atoms with Gasteiger partial charge >= 0.3 is 6.09 Å². The molecular formula is C14H21ClN2O3. The Bertz CT molecular complexity index is 458. The van der Waals surface area contributed by atoms with Crippen LogP contribution in [0.1, 0.15) is 27.2 Å². The highest BCUT2D eigenvalue weighted by molar-refractivity contribution is 6.32. The normalized spacial score (nSPS) is 11.0. The van der Waals surface area contributed by atoms with Crippen LogP contribution < -0.4 is 15.8 Å². The molecule has 6 heteroatoms. The van der Waals surface area contributed by atoms with Gasteiger partial charge in [0.05, 0.1) is 11.6 Å². The summed E-state index contributed by atoms with van der Waals surface area (Å²) in [6.07, 6.45) is 0.225. The number of carbonyl (C=O) groups excluding carboxylic acids is 1. The van der Waals surface area contributed by atoms with Crippen LogP contribution in [0.5, 0.6) is 5.75 Å². The molecule has 0 atom stereocenters. The summed E-state index contributed by atoms with van der Waals surface area (Å²) in [5.74, 6) is 0.582. The van der Waals surface area contributed by atoms with E-state index in [4.69, 9.17) is 26.8 Å². The molecule has 0 unspecified atom stereocenters. The van der Waals surface area contributed by atoms with E-state index in [1.54, 1.807) is 18.2 Å². The number of nitrogens with one attached hydrogen (secondary N) is 1. The zero-order chi connectivity index (χ0) is 15.2. The number of nitrogen functional groups attached to an aromatic ring is 1. The number of carbonyl (C=O) groups is 1. The maximum atomic E-state index is 11.4. The van der Waals surface area contributed by atoms with Gasteiger partial charge in [-0.25, -0.2) is 4.79 Å². The van der Waals surface area contributed by atoms with Crippen LogP contribution in [0.25, 0.3) is 0 Å². The Balaban J connectivity index is 2.21. The summed E-state index contributed by atoms with van der Waals surface area (Å²) in [6, 6.07) is 5.08. The third kappa shape index (κ3) is 6.52. The van der Waals surface area contributed by atoms with Crippen molar-refractivity contribution in [1.29, 1.82) is 0 Å². The Labute approximate surface area is 124 Å². The number of alkyl carbamates (subject to hydrolysis) is 1. The van der Waals surface area contributed by atoms with Crippen LogP contribution in [0.2, 0.25) is 5.02 Å². The SMILES string of the molecule is CC(C)(C)OC(=O)NCCCOc1ccc(N)cc1Cl. The van der Waals surface area contributed by atoms with Gasteiger partial charge in [-0.2, -0.15) is 0 Å². The lowest BCUT2D eigenvalue weighted by atomic mass is 10.2. The van der Waals surface area contributed by atoms with Gasteiger partial charge < -0.3 is 20.5 Å². The van der Waals surface area contributed by atoms with E-state index in [1.165, 1.54) is 0 Å². The number of benzene rings is 1. The van der Waals surface area contributed by atoms with E-state index in [1.807, 2.05) is 20.8 Å². The summed E-state index contributed by atoms with van der Waals surface area (Å²) >= 11 is 5.97. The molecule has 0 aromatic heterocycles. The fraction of sp³-hybridized carbons (Fsp3) is 0.500. The smallest absolute Gasteiger partial charge is 0.407 e. The standard InChI is InChI=1S/C14H21ClN2O3/c1-14(2,3)20-13(18)17-7-4-8-19-12-6-5-10(16)9-11(12)15/h5-6,9H,4,7-8,16H2,1-3H3,(H,17,18). The second kappa shape index (κ2) is 7.24. The van der Waals surface area contributed by atoms with Crippen LogP contribution in [0.15, 0.2) is 18.2 Å². The van der Waals surface area contributed by atoms with E-state index in [0.29, 0.717) is 36.0 Å². The quantitative estimate of drug-likeness (QED) is 0.647. The number of anilines is 1. The van der Waals surface area contributed by atoms with E-state index in [9.17, 15) is 4.79 Å². The van der Waals surface area contributed by atoms with Crippen LogP contribution in [0.4, 0.5) is 10.5 Å². The number of ether oxygens (including phenoxy) is 2. The van der Waals surface area contributed by atoms with Crippen molar-refractivity contribution in [2.75, 3.05) is 18.9 Å². The molecule has 0 aliphatic heterocycles. The monoisotopic (exact) mass is 300 g/mol. The minimum Gasteiger partial charge on any atom is -0.492 e. The summed E-state index contributed by atoms with van der Waals surface area (Å²) < 4.78 is 10.6. The lowest BCUT2D eigenvalue weighted by molar-refractivity contribution is 0.0525. The lowest BCUT2D eigenvalue weighted by Gasteiger charge is -2.19. The van der Waals surface area contributed by atoms with Gasteiger partial charge in [0, 0.05) is 12.2 Å². The van der Waals surface area contributed by atoms with Crippen molar-refractivity contribution in [3.8, 4) is 5.75 Å². The van der Waals surface area contributed by atoms with Crippen LogP contribution >= 0.6 is 11.6 Å². The number of halogens is 1. The molecule has 5 nitrogen and oxygen atoms in total. The number of hydrogen-bond acceptors (Lipinski definition) is 4. The molecule has 3 N–H and O–H groups in total. The van der Waals surface area contributed by atoms with Gasteiger partial charge in [0.2, 0.25) is 0 Å². The topological polar surface area (TPSA) is 73.6 Å². The summed E-state index contributed by atoms with van der Waals surface area (Å²) in [5.41, 5.74) is 5.69. The van der Waals surface area contributed by atoms with Gasteiger partial charge in [0.1, 0.15) is 11.4 Å². The number of rotatable bonds is 5. The molecule has 0 bridgehead atoms. The zero-order valence-corrected chi connectivity index (χ0v) is 12.8. The van der Waals surface area contributed by atoms with Crippen LogP contribution in [0.3, 0.4) is 0 Å². The number of amides is 1. The van der Waals surface area contributed by atoms with E-state index in [2.05, 4.69) is 5.32 Å². The average molecular weight is 301 g/mol. The van der Waals surface area contributed by atoms with Gasteiger partial charge in [0.15, 0.2) is 0 Å². The molecule has 0 radical (unpaired) electrons. The van der Waals surface area contributed by atoms with E-state index in [0.717, 1.165) is 0 Å². The zero-order valence-electron chi connectivity index (χ0n) is 12.0. The highest BCUT2D eigenvalue weighted by Gasteiger charge is 2.15. The van der Waals surface area contributed by atoms with Crippen LogP contribution in [-0.4, -0.2) is 24.8 Å². The van der Waals surface area contributed by atoms with E-state index < -0.39 is 11.7 Å². The summed E-state index contributed by atoms with van der Waals surface area (Å²) in [6.45, 7) is 6.37. The Hall–Kier alpha value is -1.62. The molecule has 1 aromatic carbocycles. The van der Waals surface area contributed by atoms with Gasteiger partial charge in [-0.1, -0.05) is 11.6 Å². The van der Waals surface area contributed by atoms with Crippen molar-refractivity contribution in [2.45, 2.75) is 32.8 Å². The van der Waals surface area contributed by atoms with E-state index >= 15 is 0 Å². The van der Waals surface area contributed by atoms with Crippen molar-refractivity contribution >= 4 is 23.4 Å². The first-order chi connectivity index (χ1) is 9.28. The molecule has 0 heterocycles. The molecule has 0 aliphatic carbocycles. The van der Waals surface area contributed by atoms with Gasteiger partial charge in [0.25, 0.3) is 0 Å². The molecule has 20 heavy (non-hydrogen) atoms. The van der Waals surface area contributed by atoms with Crippen LogP contribution in [-0.2, 0) is 4.74 Å². The fourth-order valence-corrected chi connectivity index (χ4v) is 1.64. The highest BCUT2D eigenvalue weighted by atomic mass is 35.5. The minimum atomic E-state index is -0.488. The Morgan fingerprint density at radius 1 is 1.40 bits per heavy atom. The largest absolute Gasteiger partial charge is 0.492 e. The van der Waals surface area contributed by atoms with Crippen molar-refractivity contribution in [3.63, 3.8) is 0 Å². The van der Waals surface area contributed by atoms with Gasteiger partial charge in [-0.05, 0) is 45.4 Å². The third-order valence-corrected chi connectivity index (χ3v) is 2.50. The summed E-state index contributed by atoms with van der Waals surface area (Å²) in [4.78, 5) is 11.4. The molecule has 0 fully saturated rings. The minimum absolute atomic E-state index is 0.428. The van der Waals surface area contributed by atoms with Gasteiger partial charge in [-0.15, -0.1) is 0 Å². The van der Waals surface area contributed by atoms with Crippen LogP contribution in [0, 0.1) is 0 Å². The first kappa shape index (κ1) is 16.4. The summed E-state index contributed by atoms with van der Waals surface area (Å²) in [5, 5.41) is 3.13. The predicted octanol–water partition coefficient (Wildman–Crippen LogP) is 3.22. The van der Waals surface area contributed by atoms with Crippen molar-refractivity contribution in [1.82, 2.24) is 5.32 Å². The predicted molar refractivity (Wildman–Crippen MR) is 80.2 cm³/mol. The molecule has 1 rings (SSSR count). The molecule has 1 aromatic rings. The number of nitrogens with two attached hydrogens (primary N) is 1. The third-order valence-electron chi connectivity index (χ3n) is 2.20. The Morgan fingerprint density at radius 3 is 2.70 bits per heavy atom. The molecule has 0 saturated carbocycles. The molecule has 0 spiro atoms. The number of hydrogen-bond donors (Lipinski definition) is 2. The summed E-state index contributed by atoms with van der Waals surface area (Å²) in [7, 11) is 0. The Kier molecular flexibility index (Phi) is 5.95. The fourth-order valence-electron chi connectivity index (χ4n) is 1.39. The second-order valence-corrected chi connectivity index (χ2v) is 5.73. The molecule has 0 aliphatic rings. The van der Waals surface area contributed by atoms with Gasteiger partial charge in [-0.3, -0.25) is 0 Å². The maximum Gasteiger partial charge on any atom is 0.407 e. The lowest BCUT2D eigenvalue weighted by Crippen LogP contribution is -2.33. The molecular weight excluding hydrogens is 280 g/mol. The Morgan fingerprint density at radius 2 is 2.10 bits per heavy atom. The van der Waals surface area contributed by atoms with E-state index in [-0.39, 0.29) is 0 Å². The average Bonchev–Trinajstić information content (AvgIpc) is 2.28.